The molecule has 0 saturated carbocycles. The second kappa shape index (κ2) is 5.72. The summed E-state index contributed by atoms with van der Waals surface area (Å²) in [4.78, 5) is 7.48. The molecule has 25 heavy (non-hydrogen) atoms. The van der Waals surface area contributed by atoms with Gasteiger partial charge < -0.3 is 4.74 Å². The summed E-state index contributed by atoms with van der Waals surface area (Å²) >= 11 is 0. The molecule has 0 radical (unpaired) electrons. The van der Waals surface area contributed by atoms with Crippen molar-refractivity contribution in [1.29, 1.82) is 0 Å². The first-order valence-electron chi connectivity index (χ1n) is 8.02. The molecule has 2 aromatic heterocycles. The minimum absolute atomic E-state index is 0.132. The maximum Gasteiger partial charge on any atom is 0.453 e. The van der Waals surface area contributed by atoms with Gasteiger partial charge in [-0.15, -0.1) is 5.10 Å². The summed E-state index contributed by atoms with van der Waals surface area (Å²) in [5.74, 6) is -0.546. The molecule has 0 spiro atoms. The van der Waals surface area contributed by atoms with E-state index in [2.05, 4.69) is 21.1 Å². The van der Waals surface area contributed by atoms with Crippen LogP contribution in [0.15, 0.2) is 24.3 Å². The van der Waals surface area contributed by atoms with Gasteiger partial charge in [0.1, 0.15) is 5.75 Å². The zero-order valence-electron chi connectivity index (χ0n) is 13.5. The third kappa shape index (κ3) is 2.92. The fourth-order valence-electron chi connectivity index (χ4n) is 3.10. The van der Waals surface area contributed by atoms with E-state index in [9.17, 15) is 13.2 Å². The SMILES string of the molecule is Cc1cc(Oc2cccc3c2CCCC3)n2nc(C(F)(F)F)nc2n1. The van der Waals surface area contributed by atoms with Gasteiger partial charge in [0.2, 0.25) is 5.88 Å². The number of hydrogen-bond donors (Lipinski definition) is 0. The number of halogens is 3. The van der Waals surface area contributed by atoms with Gasteiger partial charge in [-0.25, -0.2) is 4.98 Å². The highest BCUT2D eigenvalue weighted by atomic mass is 19.4. The summed E-state index contributed by atoms with van der Waals surface area (Å²) in [5.41, 5.74) is 2.83. The van der Waals surface area contributed by atoms with Crippen molar-refractivity contribution in [1.82, 2.24) is 19.6 Å². The van der Waals surface area contributed by atoms with E-state index in [4.69, 9.17) is 4.74 Å². The lowest BCUT2D eigenvalue weighted by Crippen LogP contribution is -2.08. The number of alkyl halides is 3. The first-order valence-corrected chi connectivity index (χ1v) is 8.02. The Bertz CT molecular complexity index is 949. The Morgan fingerprint density at radius 2 is 1.92 bits per heavy atom. The van der Waals surface area contributed by atoms with Crippen molar-refractivity contribution in [3.05, 3.63) is 46.9 Å². The van der Waals surface area contributed by atoms with Gasteiger partial charge in [0, 0.05) is 11.8 Å². The summed E-state index contributed by atoms with van der Waals surface area (Å²) in [6, 6.07) is 7.34. The topological polar surface area (TPSA) is 52.3 Å². The van der Waals surface area contributed by atoms with Crippen LogP contribution in [0.25, 0.3) is 5.78 Å². The highest BCUT2D eigenvalue weighted by Crippen LogP contribution is 2.33. The average molecular weight is 348 g/mol. The lowest BCUT2D eigenvalue weighted by molar-refractivity contribution is -0.144. The number of rotatable bonds is 2. The Balaban J connectivity index is 1.81. The van der Waals surface area contributed by atoms with E-state index in [-0.39, 0.29) is 11.7 Å². The number of nitrogens with zero attached hydrogens (tertiary/aromatic N) is 4. The maximum atomic E-state index is 12.9. The number of benzene rings is 1. The van der Waals surface area contributed by atoms with E-state index in [0.29, 0.717) is 11.4 Å². The van der Waals surface area contributed by atoms with Gasteiger partial charge in [0.25, 0.3) is 11.6 Å². The number of fused-ring (bicyclic) bond motifs is 2. The van der Waals surface area contributed by atoms with Crippen LogP contribution in [-0.2, 0) is 19.0 Å². The van der Waals surface area contributed by atoms with Gasteiger partial charge in [-0.3, -0.25) is 0 Å². The number of ether oxygens (including phenoxy) is 1. The molecule has 0 unspecified atom stereocenters. The zero-order valence-corrected chi connectivity index (χ0v) is 13.5. The molecule has 3 aromatic rings. The van der Waals surface area contributed by atoms with E-state index in [1.165, 1.54) is 5.56 Å². The Hall–Kier alpha value is -2.64. The van der Waals surface area contributed by atoms with Crippen molar-refractivity contribution >= 4 is 5.78 Å². The third-order valence-corrected chi connectivity index (χ3v) is 4.23. The molecule has 0 aliphatic heterocycles. The molecule has 1 aliphatic carbocycles. The minimum Gasteiger partial charge on any atom is -0.439 e. The maximum absolute atomic E-state index is 12.9. The van der Waals surface area contributed by atoms with Crippen molar-refractivity contribution in [2.24, 2.45) is 0 Å². The fraction of sp³-hybridized carbons (Fsp3) is 0.353. The Morgan fingerprint density at radius 1 is 1.12 bits per heavy atom. The van der Waals surface area contributed by atoms with Crippen LogP contribution in [-0.4, -0.2) is 19.6 Å². The molecule has 8 heteroatoms. The lowest BCUT2D eigenvalue weighted by Gasteiger charge is -2.19. The molecule has 1 aromatic carbocycles. The molecule has 0 atom stereocenters. The van der Waals surface area contributed by atoms with Gasteiger partial charge in [0.05, 0.1) is 0 Å². The minimum atomic E-state index is -4.63. The smallest absolute Gasteiger partial charge is 0.439 e. The first-order chi connectivity index (χ1) is 11.9. The lowest BCUT2D eigenvalue weighted by atomic mass is 9.91. The fourth-order valence-corrected chi connectivity index (χ4v) is 3.10. The highest BCUT2D eigenvalue weighted by Gasteiger charge is 2.37. The molecule has 5 nitrogen and oxygen atoms in total. The molecule has 0 amide bonds. The van der Waals surface area contributed by atoms with Crippen molar-refractivity contribution in [2.45, 2.75) is 38.8 Å². The van der Waals surface area contributed by atoms with Crippen LogP contribution in [0, 0.1) is 6.92 Å². The second-order valence-electron chi connectivity index (χ2n) is 6.08. The van der Waals surface area contributed by atoms with Gasteiger partial charge in [-0.1, -0.05) is 12.1 Å². The van der Waals surface area contributed by atoms with Crippen LogP contribution in [0.3, 0.4) is 0 Å². The van der Waals surface area contributed by atoms with Crippen LogP contribution >= 0.6 is 0 Å². The Kier molecular flexibility index (Phi) is 3.63. The monoisotopic (exact) mass is 348 g/mol. The Labute approximate surface area is 141 Å². The highest BCUT2D eigenvalue weighted by molar-refractivity contribution is 5.44. The third-order valence-electron chi connectivity index (χ3n) is 4.23. The van der Waals surface area contributed by atoms with Crippen molar-refractivity contribution in [2.75, 3.05) is 0 Å². The molecule has 0 bridgehead atoms. The van der Waals surface area contributed by atoms with E-state index in [1.54, 1.807) is 13.0 Å². The summed E-state index contributed by atoms with van der Waals surface area (Å²) in [5, 5.41) is 3.53. The van der Waals surface area contributed by atoms with Crippen molar-refractivity contribution < 1.29 is 17.9 Å². The normalized spacial score (nSPS) is 14.6. The number of hydrogen-bond acceptors (Lipinski definition) is 4. The van der Waals surface area contributed by atoms with E-state index in [0.717, 1.165) is 35.8 Å². The summed E-state index contributed by atoms with van der Waals surface area (Å²) in [7, 11) is 0. The predicted octanol–water partition coefficient (Wildman–Crippen LogP) is 4.12. The largest absolute Gasteiger partial charge is 0.453 e. The van der Waals surface area contributed by atoms with Crippen LogP contribution in [0.1, 0.15) is 35.5 Å². The van der Waals surface area contributed by atoms with Crippen molar-refractivity contribution in [3.8, 4) is 11.6 Å². The van der Waals surface area contributed by atoms with Gasteiger partial charge in [0.15, 0.2) is 0 Å². The van der Waals surface area contributed by atoms with Crippen LogP contribution in [0.5, 0.6) is 11.6 Å². The standard InChI is InChI=1S/C17H15F3N4O/c1-10-9-14(24-16(21-10)22-15(23-24)17(18,19)20)25-13-8-4-6-11-5-2-3-7-12(11)13/h4,6,8-9H,2-3,5,7H2,1H3. The van der Waals surface area contributed by atoms with Crippen LogP contribution < -0.4 is 4.74 Å². The quantitative estimate of drug-likeness (QED) is 0.699. The molecule has 0 N–H and O–H groups in total. The van der Waals surface area contributed by atoms with Crippen molar-refractivity contribution in [3.63, 3.8) is 0 Å². The van der Waals surface area contributed by atoms with E-state index >= 15 is 0 Å². The van der Waals surface area contributed by atoms with Gasteiger partial charge in [-0.05, 0) is 49.8 Å². The number of aromatic nitrogens is 4. The van der Waals surface area contributed by atoms with Gasteiger partial charge >= 0.3 is 6.18 Å². The van der Waals surface area contributed by atoms with Crippen LogP contribution in [0.4, 0.5) is 13.2 Å². The van der Waals surface area contributed by atoms with Crippen LogP contribution in [0.2, 0.25) is 0 Å². The molecular weight excluding hydrogens is 333 g/mol. The van der Waals surface area contributed by atoms with E-state index in [1.807, 2.05) is 12.1 Å². The van der Waals surface area contributed by atoms with E-state index < -0.39 is 12.0 Å². The molecule has 1 aliphatic rings. The second-order valence-corrected chi connectivity index (χ2v) is 6.08. The Morgan fingerprint density at radius 3 is 2.72 bits per heavy atom. The molecule has 0 fully saturated rings. The molecule has 130 valence electrons. The number of aryl methyl sites for hydroxylation is 2. The summed E-state index contributed by atoms with van der Waals surface area (Å²) < 4.78 is 45.7. The predicted molar refractivity (Wildman–Crippen MR) is 83.7 cm³/mol. The summed E-state index contributed by atoms with van der Waals surface area (Å²) in [6.45, 7) is 1.68. The first kappa shape index (κ1) is 15.9. The molecular formula is C17H15F3N4O. The zero-order chi connectivity index (χ0) is 17.6. The molecule has 2 heterocycles. The average Bonchev–Trinajstić information content (AvgIpc) is 2.99. The molecule has 0 saturated heterocycles. The summed E-state index contributed by atoms with van der Waals surface area (Å²) in [6.07, 6.45) is -0.555. The molecule has 4 rings (SSSR count). The van der Waals surface area contributed by atoms with Gasteiger partial charge in [-0.2, -0.15) is 22.7 Å².